The quantitative estimate of drug-likeness (QED) is 0.660. The molecule has 0 fully saturated rings. The molecule has 0 saturated carbocycles. The third kappa shape index (κ3) is 2.14. The summed E-state index contributed by atoms with van der Waals surface area (Å²) < 4.78 is 6.30. The van der Waals surface area contributed by atoms with Gasteiger partial charge < -0.3 is 4.74 Å². The molecule has 0 unspecified atom stereocenters. The maximum atomic E-state index is 6.30. The molecule has 5 rings (SSSR count). The summed E-state index contributed by atoms with van der Waals surface area (Å²) >= 11 is 1.69. The average molecular weight is 332 g/mol. The first-order chi connectivity index (χ1) is 11.9. The van der Waals surface area contributed by atoms with E-state index in [4.69, 9.17) is 9.84 Å². The Kier molecular flexibility index (Phi) is 3.16. The first kappa shape index (κ1) is 13.8. The summed E-state index contributed by atoms with van der Waals surface area (Å²) in [6.07, 6.45) is 0.753. The van der Waals surface area contributed by atoms with Gasteiger partial charge in [-0.2, -0.15) is 16.4 Å². The van der Waals surface area contributed by atoms with Crippen LogP contribution in [-0.2, 0) is 0 Å². The van der Waals surface area contributed by atoms with Crippen molar-refractivity contribution in [2.24, 2.45) is 5.10 Å². The van der Waals surface area contributed by atoms with Crippen molar-refractivity contribution in [3.05, 3.63) is 88.1 Å². The zero-order valence-corrected chi connectivity index (χ0v) is 13.8. The molecule has 0 bridgehead atoms. The number of benzene rings is 2. The average Bonchev–Trinajstić information content (AvgIpc) is 3.32. The van der Waals surface area contributed by atoms with Crippen molar-refractivity contribution in [2.75, 3.05) is 0 Å². The second-order valence-corrected chi connectivity index (χ2v) is 6.86. The number of hydrogen-bond acceptors (Lipinski definition) is 4. The van der Waals surface area contributed by atoms with Crippen molar-refractivity contribution in [1.82, 2.24) is 5.01 Å². The van der Waals surface area contributed by atoms with E-state index < -0.39 is 0 Å². The Labute approximate surface area is 144 Å². The van der Waals surface area contributed by atoms with Crippen molar-refractivity contribution in [3.63, 3.8) is 0 Å². The van der Waals surface area contributed by atoms with Crippen molar-refractivity contribution < 1.29 is 4.74 Å². The fourth-order valence-electron chi connectivity index (χ4n) is 3.47. The van der Waals surface area contributed by atoms with Crippen LogP contribution in [0.2, 0.25) is 0 Å². The molecular weight excluding hydrogens is 316 g/mol. The van der Waals surface area contributed by atoms with E-state index in [1.807, 2.05) is 12.1 Å². The van der Waals surface area contributed by atoms with Gasteiger partial charge >= 0.3 is 0 Å². The summed E-state index contributed by atoms with van der Waals surface area (Å²) in [5.41, 5.74) is 4.70. The highest BCUT2D eigenvalue weighted by Crippen LogP contribution is 2.47. The van der Waals surface area contributed by atoms with Crippen molar-refractivity contribution in [1.29, 1.82) is 0 Å². The Morgan fingerprint density at radius 3 is 2.67 bits per heavy atom. The molecule has 3 heterocycles. The fourth-order valence-corrected chi connectivity index (χ4v) is 4.14. The van der Waals surface area contributed by atoms with Crippen LogP contribution in [0.25, 0.3) is 0 Å². The lowest BCUT2D eigenvalue weighted by atomic mass is 9.96. The van der Waals surface area contributed by atoms with Gasteiger partial charge in [0.05, 0.1) is 11.8 Å². The van der Waals surface area contributed by atoms with Gasteiger partial charge in [-0.1, -0.05) is 48.5 Å². The van der Waals surface area contributed by atoms with E-state index >= 15 is 0 Å². The van der Waals surface area contributed by atoms with Gasteiger partial charge in [-0.25, -0.2) is 5.01 Å². The molecule has 0 spiro atoms. The van der Waals surface area contributed by atoms with E-state index in [1.54, 1.807) is 11.3 Å². The van der Waals surface area contributed by atoms with Gasteiger partial charge in [-0.3, -0.25) is 0 Å². The number of ether oxygens (including phenoxy) is 1. The van der Waals surface area contributed by atoms with Crippen molar-refractivity contribution in [3.8, 4) is 5.75 Å². The van der Waals surface area contributed by atoms with Gasteiger partial charge in [0, 0.05) is 17.5 Å². The fraction of sp³-hybridized carbons (Fsp3) is 0.150. The van der Waals surface area contributed by atoms with Crippen molar-refractivity contribution in [2.45, 2.75) is 18.7 Å². The molecule has 118 valence electrons. The number of thiophene rings is 1. The number of hydrazone groups is 1. The van der Waals surface area contributed by atoms with Gasteiger partial charge in [0.1, 0.15) is 5.75 Å². The SMILES string of the molecule is c1ccc(C2=NN3[C@@H](C2)c2ccccc2O[C@H]3c2ccsc2)cc1. The molecule has 2 aliphatic heterocycles. The molecule has 1 aromatic heterocycles. The van der Waals surface area contributed by atoms with E-state index in [0.29, 0.717) is 0 Å². The molecule has 2 atom stereocenters. The predicted octanol–water partition coefficient (Wildman–Crippen LogP) is 4.99. The largest absolute Gasteiger partial charge is 0.464 e. The highest BCUT2D eigenvalue weighted by molar-refractivity contribution is 7.07. The van der Waals surface area contributed by atoms with Crippen molar-refractivity contribution >= 4 is 17.0 Å². The minimum atomic E-state index is -0.155. The lowest BCUT2D eigenvalue weighted by molar-refractivity contribution is -0.0187. The number of para-hydroxylation sites is 1. The Morgan fingerprint density at radius 1 is 1.00 bits per heavy atom. The summed E-state index contributed by atoms with van der Waals surface area (Å²) in [5.74, 6) is 0.972. The third-order valence-corrected chi connectivity index (χ3v) is 5.34. The number of rotatable bonds is 2. The Hall–Kier alpha value is -2.59. The van der Waals surface area contributed by atoms with E-state index in [1.165, 1.54) is 11.1 Å². The summed E-state index contributed by atoms with van der Waals surface area (Å²) in [4.78, 5) is 0. The third-order valence-electron chi connectivity index (χ3n) is 4.63. The topological polar surface area (TPSA) is 24.8 Å². The van der Waals surface area contributed by atoms with E-state index in [-0.39, 0.29) is 12.3 Å². The first-order valence-electron chi connectivity index (χ1n) is 8.09. The van der Waals surface area contributed by atoms with Crippen LogP contribution < -0.4 is 4.74 Å². The molecule has 24 heavy (non-hydrogen) atoms. The van der Waals surface area contributed by atoms with Gasteiger partial charge in [-0.15, -0.1) is 0 Å². The lowest BCUT2D eigenvalue weighted by Crippen LogP contribution is -2.33. The van der Waals surface area contributed by atoms with Gasteiger partial charge in [-0.05, 0) is 28.5 Å². The molecule has 0 amide bonds. The zero-order chi connectivity index (χ0) is 15.9. The van der Waals surface area contributed by atoms with Crippen LogP contribution in [-0.4, -0.2) is 10.7 Å². The second-order valence-electron chi connectivity index (χ2n) is 6.08. The van der Waals surface area contributed by atoms with E-state index in [0.717, 1.165) is 23.4 Å². The van der Waals surface area contributed by atoms with Crippen LogP contribution in [0.5, 0.6) is 5.75 Å². The maximum absolute atomic E-state index is 6.30. The molecule has 3 aromatic rings. The van der Waals surface area contributed by atoms with E-state index in [9.17, 15) is 0 Å². The minimum Gasteiger partial charge on any atom is -0.464 e. The van der Waals surface area contributed by atoms with Crippen LogP contribution in [0.15, 0.2) is 76.5 Å². The lowest BCUT2D eigenvalue weighted by Gasteiger charge is -2.37. The van der Waals surface area contributed by atoms with Gasteiger partial charge in [0.15, 0.2) is 0 Å². The van der Waals surface area contributed by atoms with Crippen LogP contribution in [0.3, 0.4) is 0 Å². The molecule has 4 heteroatoms. The van der Waals surface area contributed by atoms with Gasteiger partial charge in [0.2, 0.25) is 6.23 Å². The summed E-state index contributed by atoms with van der Waals surface area (Å²) in [5, 5.41) is 11.3. The second kappa shape index (κ2) is 5.49. The molecular formula is C20H16N2OS. The minimum absolute atomic E-state index is 0.155. The molecule has 0 saturated heterocycles. The molecule has 0 aliphatic carbocycles. The highest BCUT2D eigenvalue weighted by Gasteiger charge is 2.40. The normalized spacial score (nSPS) is 21.7. The van der Waals surface area contributed by atoms with Crippen LogP contribution in [0.1, 0.15) is 35.4 Å². The van der Waals surface area contributed by atoms with Crippen LogP contribution in [0, 0.1) is 0 Å². The van der Waals surface area contributed by atoms with Gasteiger partial charge in [0.25, 0.3) is 0 Å². The molecule has 0 radical (unpaired) electrons. The summed E-state index contributed by atoms with van der Waals surface area (Å²) in [6, 6.07) is 21.1. The Bertz CT molecular complexity index is 889. The highest BCUT2D eigenvalue weighted by atomic mass is 32.1. The van der Waals surface area contributed by atoms with Crippen LogP contribution in [0.4, 0.5) is 0 Å². The molecule has 3 nitrogen and oxygen atoms in total. The Balaban J connectivity index is 1.61. The first-order valence-corrected chi connectivity index (χ1v) is 9.03. The van der Waals surface area contributed by atoms with E-state index in [2.05, 4.69) is 64.3 Å². The summed E-state index contributed by atoms with van der Waals surface area (Å²) in [7, 11) is 0. The van der Waals surface area contributed by atoms with Crippen LogP contribution >= 0.6 is 11.3 Å². The number of fused-ring (bicyclic) bond motifs is 3. The number of hydrogen-bond donors (Lipinski definition) is 0. The molecule has 2 aliphatic rings. The monoisotopic (exact) mass is 332 g/mol. The maximum Gasteiger partial charge on any atom is 0.214 e. The smallest absolute Gasteiger partial charge is 0.214 e. The predicted molar refractivity (Wildman–Crippen MR) is 96.3 cm³/mol. The molecule has 2 aromatic carbocycles. The zero-order valence-electron chi connectivity index (χ0n) is 13.0. The molecule has 0 N–H and O–H groups in total. The number of nitrogens with zero attached hydrogens (tertiary/aromatic N) is 2. The summed E-state index contributed by atoms with van der Waals surface area (Å²) in [6.45, 7) is 0. The Morgan fingerprint density at radius 2 is 1.83 bits per heavy atom. The standard InChI is InChI=1S/C20H16N2OS/c1-2-6-14(7-3-1)17-12-18-16-8-4-5-9-19(16)23-20(22(18)21-17)15-10-11-24-13-15/h1-11,13,18,20H,12H2/t18-,20-/m0/s1.